The lowest BCUT2D eigenvalue weighted by atomic mass is 9.90. The molecule has 0 saturated heterocycles. The van der Waals surface area contributed by atoms with Gasteiger partial charge in [0.05, 0.1) is 41.5 Å². The number of aromatic nitrogens is 5. The number of hydrogen-bond acceptors (Lipinski definition) is 4. The van der Waals surface area contributed by atoms with Crippen LogP contribution >= 0.6 is 0 Å². The monoisotopic (exact) mass is 316 g/mol. The maximum absolute atomic E-state index is 4.58. The van der Waals surface area contributed by atoms with Crippen LogP contribution in [-0.4, -0.2) is 31.7 Å². The van der Waals surface area contributed by atoms with Crippen molar-refractivity contribution in [2.24, 2.45) is 0 Å². The first-order valence-corrected chi connectivity index (χ1v) is 8.00. The molecule has 1 atom stereocenters. The van der Waals surface area contributed by atoms with Crippen LogP contribution in [0.4, 0.5) is 5.69 Å². The van der Waals surface area contributed by atoms with Crippen molar-refractivity contribution >= 4 is 16.7 Å². The molecule has 1 aliphatic heterocycles. The van der Waals surface area contributed by atoms with Gasteiger partial charge in [0.25, 0.3) is 0 Å². The van der Waals surface area contributed by atoms with Crippen LogP contribution in [0, 0.1) is 0 Å². The molecule has 3 aromatic heterocycles. The Morgan fingerprint density at radius 1 is 1.08 bits per heavy atom. The Labute approximate surface area is 138 Å². The van der Waals surface area contributed by atoms with Crippen molar-refractivity contribution in [2.45, 2.75) is 12.5 Å². The van der Waals surface area contributed by atoms with E-state index in [1.54, 1.807) is 6.33 Å². The van der Waals surface area contributed by atoms with Crippen molar-refractivity contribution in [2.75, 3.05) is 11.4 Å². The maximum atomic E-state index is 4.58. The van der Waals surface area contributed by atoms with Gasteiger partial charge in [-0.3, -0.25) is 5.10 Å². The molecule has 6 heteroatoms. The number of pyridine rings is 1. The molecule has 1 unspecified atom stereocenters. The second-order valence-corrected chi connectivity index (χ2v) is 6.07. The summed E-state index contributed by atoms with van der Waals surface area (Å²) < 4.78 is 0. The molecule has 0 amide bonds. The Hall–Kier alpha value is -3.15. The summed E-state index contributed by atoms with van der Waals surface area (Å²) in [7, 11) is 0. The number of hydrogen-bond donors (Lipinski definition) is 2. The van der Waals surface area contributed by atoms with Crippen molar-refractivity contribution in [1.29, 1.82) is 0 Å². The van der Waals surface area contributed by atoms with Crippen LogP contribution in [0.25, 0.3) is 11.0 Å². The minimum atomic E-state index is 0.247. The zero-order valence-electron chi connectivity index (χ0n) is 13.0. The third-order valence-electron chi connectivity index (χ3n) is 4.71. The van der Waals surface area contributed by atoms with E-state index in [1.165, 1.54) is 11.3 Å². The fourth-order valence-electron chi connectivity index (χ4n) is 3.57. The summed E-state index contributed by atoms with van der Waals surface area (Å²) in [6.45, 7) is 1.69. The molecule has 6 nitrogen and oxygen atoms in total. The summed E-state index contributed by atoms with van der Waals surface area (Å²) >= 11 is 0. The molecule has 118 valence electrons. The van der Waals surface area contributed by atoms with E-state index in [0.29, 0.717) is 0 Å². The minimum Gasteiger partial charge on any atom is -0.364 e. The minimum absolute atomic E-state index is 0.247. The van der Waals surface area contributed by atoms with Crippen molar-refractivity contribution < 1.29 is 0 Å². The Morgan fingerprint density at radius 2 is 2.00 bits per heavy atom. The van der Waals surface area contributed by atoms with Gasteiger partial charge in [-0.2, -0.15) is 5.10 Å². The Bertz CT molecular complexity index is 987. The van der Waals surface area contributed by atoms with E-state index in [2.05, 4.69) is 60.4 Å². The van der Waals surface area contributed by atoms with Crippen LogP contribution in [0.2, 0.25) is 0 Å². The fourth-order valence-corrected chi connectivity index (χ4v) is 3.57. The average molecular weight is 316 g/mol. The van der Waals surface area contributed by atoms with Crippen LogP contribution < -0.4 is 4.90 Å². The number of imidazole rings is 1. The standard InChI is InChI=1S/C18H16N6/c1-2-4-12(5-3-1)14-9-24(10-15-17(14)21-11-20-15)16-6-7-19-18-13(16)8-22-23-18/h1-8,11,14H,9-10H2,(H,20,21)(H,19,22,23). The molecular formula is C18H16N6. The van der Waals surface area contributed by atoms with E-state index in [-0.39, 0.29) is 5.92 Å². The van der Waals surface area contributed by atoms with Gasteiger partial charge >= 0.3 is 0 Å². The van der Waals surface area contributed by atoms with Crippen LogP contribution in [-0.2, 0) is 6.54 Å². The third kappa shape index (κ3) is 2.00. The van der Waals surface area contributed by atoms with E-state index >= 15 is 0 Å². The molecule has 0 spiro atoms. The largest absolute Gasteiger partial charge is 0.364 e. The first kappa shape index (κ1) is 13.3. The summed E-state index contributed by atoms with van der Waals surface area (Å²) in [6, 6.07) is 12.6. The van der Waals surface area contributed by atoms with Gasteiger partial charge in [-0.1, -0.05) is 30.3 Å². The van der Waals surface area contributed by atoms with Gasteiger partial charge in [0.15, 0.2) is 5.65 Å². The van der Waals surface area contributed by atoms with Crippen LogP contribution in [0.15, 0.2) is 55.1 Å². The molecule has 0 saturated carbocycles. The molecule has 1 aromatic carbocycles. The highest BCUT2D eigenvalue weighted by Gasteiger charge is 2.29. The fraction of sp³-hybridized carbons (Fsp3) is 0.167. The third-order valence-corrected chi connectivity index (χ3v) is 4.71. The van der Waals surface area contributed by atoms with Gasteiger partial charge in [0.1, 0.15) is 0 Å². The van der Waals surface area contributed by atoms with Crippen molar-refractivity contribution in [3.05, 3.63) is 72.1 Å². The number of anilines is 1. The van der Waals surface area contributed by atoms with E-state index in [0.717, 1.165) is 35.5 Å². The highest BCUT2D eigenvalue weighted by molar-refractivity contribution is 5.88. The molecule has 0 radical (unpaired) electrons. The molecule has 2 N–H and O–H groups in total. The van der Waals surface area contributed by atoms with Gasteiger partial charge in [-0.05, 0) is 11.6 Å². The number of rotatable bonds is 2. The summed E-state index contributed by atoms with van der Waals surface area (Å²) in [4.78, 5) is 14.6. The van der Waals surface area contributed by atoms with Crippen molar-refractivity contribution in [3.63, 3.8) is 0 Å². The Kier molecular flexibility index (Phi) is 2.88. The summed E-state index contributed by atoms with van der Waals surface area (Å²) in [6.07, 6.45) is 5.47. The molecule has 24 heavy (non-hydrogen) atoms. The van der Waals surface area contributed by atoms with E-state index in [9.17, 15) is 0 Å². The molecule has 0 fully saturated rings. The van der Waals surface area contributed by atoms with Crippen molar-refractivity contribution in [1.82, 2.24) is 25.1 Å². The van der Waals surface area contributed by atoms with Crippen LogP contribution in [0.5, 0.6) is 0 Å². The quantitative estimate of drug-likeness (QED) is 0.596. The molecule has 4 aromatic rings. The van der Waals surface area contributed by atoms with E-state index in [1.807, 2.05) is 18.5 Å². The van der Waals surface area contributed by atoms with Crippen LogP contribution in [0.1, 0.15) is 22.9 Å². The predicted molar refractivity (Wildman–Crippen MR) is 91.8 cm³/mol. The van der Waals surface area contributed by atoms with Gasteiger partial charge in [-0.25, -0.2) is 9.97 Å². The van der Waals surface area contributed by atoms with Gasteiger partial charge in [0.2, 0.25) is 0 Å². The first-order valence-electron chi connectivity index (χ1n) is 8.00. The second-order valence-electron chi connectivity index (χ2n) is 6.07. The molecule has 0 bridgehead atoms. The number of fused-ring (bicyclic) bond motifs is 2. The second kappa shape index (κ2) is 5.19. The van der Waals surface area contributed by atoms with Crippen LogP contribution in [0.3, 0.4) is 0 Å². The normalized spacial score (nSPS) is 17.2. The number of nitrogens with zero attached hydrogens (tertiary/aromatic N) is 4. The number of aromatic amines is 2. The maximum Gasteiger partial charge on any atom is 0.157 e. The van der Waals surface area contributed by atoms with E-state index < -0.39 is 0 Å². The Balaban J connectivity index is 1.61. The zero-order valence-corrected chi connectivity index (χ0v) is 13.0. The van der Waals surface area contributed by atoms with Gasteiger partial charge < -0.3 is 9.88 Å². The van der Waals surface area contributed by atoms with Crippen molar-refractivity contribution in [3.8, 4) is 0 Å². The topological polar surface area (TPSA) is 73.5 Å². The average Bonchev–Trinajstić information content (AvgIpc) is 3.30. The SMILES string of the molecule is c1ccc(C2CN(c3ccnc4[nH]ncc34)Cc3[nH]cnc32)cc1. The number of nitrogens with one attached hydrogen (secondary N) is 2. The lowest BCUT2D eigenvalue weighted by Gasteiger charge is -2.34. The highest BCUT2D eigenvalue weighted by Crippen LogP contribution is 2.35. The lowest BCUT2D eigenvalue weighted by molar-refractivity contribution is 0.648. The molecule has 0 aliphatic carbocycles. The first-order chi connectivity index (χ1) is 11.9. The summed E-state index contributed by atoms with van der Waals surface area (Å²) in [5.74, 6) is 0.247. The zero-order chi connectivity index (χ0) is 15.9. The molecule has 1 aliphatic rings. The molecular weight excluding hydrogens is 300 g/mol. The smallest absolute Gasteiger partial charge is 0.157 e. The van der Waals surface area contributed by atoms with E-state index in [4.69, 9.17) is 0 Å². The predicted octanol–water partition coefficient (Wildman–Crippen LogP) is 2.83. The highest BCUT2D eigenvalue weighted by atomic mass is 15.2. The van der Waals surface area contributed by atoms with Gasteiger partial charge in [-0.15, -0.1) is 0 Å². The molecule has 4 heterocycles. The Morgan fingerprint density at radius 3 is 2.92 bits per heavy atom. The number of H-pyrrole nitrogens is 2. The molecule has 5 rings (SSSR count). The number of benzene rings is 1. The van der Waals surface area contributed by atoms with Gasteiger partial charge in [0, 0.05) is 18.7 Å². The summed E-state index contributed by atoms with van der Waals surface area (Å²) in [5.41, 5.74) is 5.57. The lowest BCUT2D eigenvalue weighted by Crippen LogP contribution is -2.34. The summed E-state index contributed by atoms with van der Waals surface area (Å²) in [5, 5.41) is 8.13.